The van der Waals surface area contributed by atoms with Crippen LogP contribution in [0.4, 0.5) is 19.4 Å². The van der Waals surface area contributed by atoms with Gasteiger partial charge in [0, 0.05) is 61.6 Å². The fourth-order valence-electron chi connectivity index (χ4n) is 8.67. The van der Waals surface area contributed by atoms with E-state index in [1.54, 1.807) is 26.2 Å². The van der Waals surface area contributed by atoms with Gasteiger partial charge in [-0.05, 0) is 80.3 Å². The van der Waals surface area contributed by atoms with Crippen molar-refractivity contribution in [3.63, 3.8) is 0 Å². The number of fused-ring (bicyclic) bond motifs is 5. The second-order valence-corrected chi connectivity index (χ2v) is 14.3. The number of anilines is 1. The van der Waals surface area contributed by atoms with Crippen LogP contribution in [0.5, 0.6) is 11.8 Å². The summed E-state index contributed by atoms with van der Waals surface area (Å²) >= 11 is 0. The quantitative estimate of drug-likeness (QED) is 0.247. The largest absolute Gasteiger partial charge is 0.508 e. The smallest absolute Gasteiger partial charge is 0.409 e. The van der Waals surface area contributed by atoms with Crippen molar-refractivity contribution in [3.05, 3.63) is 53.6 Å². The van der Waals surface area contributed by atoms with Gasteiger partial charge in [0.15, 0.2) is 5.82 Å². The molecule has 12 heteroatoms. The Kier molecular flexibility index (Phi) is 8.15. The van der Waals surface area contributed by atoms with Gasteiger partial charge in [-0.1, -0.05) is 18.1 Å². The molecule has 4 aliphatic rings. The zero-order valence-electron chi connectivity index (χ0n) is 28.2. The van der Waals surface area contributed by atoms with E-state index in [2.05, 4.69) is 26.0 Å². The van der Waals surface area contributed by atoms with Crippen LogP contribution in [0.3, 0.4) is 0 Å². The number of nitrogens with zero attached hydrogens (tertiary/aromatic N) is 5. The third-order valence-electron chi connectivity index (χ3n) is 11.0. The molecular formula is C38H40F2N6O4. The number of phenols is 1. The first kappa shape index (κ1) is 32.5. The number of benzene rings is 3. The Morgan fingerprint density at radius 3 is 2.66 bits per heavy atom. The molecule has 8 rings (SSSR count). The number of ether oxygens (including phenoxy) is 2. The van der Waals surface area contributed by atoms with Gasteiger partial charge >= 0.3 is 12.1 Å². The highest BCUT2D eigenvalue weighted by Gasteiger charge is 2.50. The molecule has 4 aliphatic heterocycles. The van der Waals surface area contributed by atoms with Crippen LogP contribution >= 0.6 is 0 Å². The van der Waals surface area contributed by atoms with Gasteiger partial charge in [-0.15, -0.1) is 6.42 Å². The highest BCUT2D eigenvalue weighted by atomic mass is 19.1. The third-order valence-corrected chi connectivity index (χ3v) is 11.0. The highest BCUT2D eigenvalue weighted by Crippen LogP contribution is 2.44. The molecule has 0 radical (unpaired) electrons. The lowest BCUT2D eigenvalue weighted by Gasteiger charge is -2.35. The molecule has 1 aromatic heterocycles. The lowest BCUT2D eigenvalue weighted by atomic mass is 9.93. The van der Waals surface area contributed by atoms with Crippen molar-refractivity contribution in [2.75, 3.05) is 51.8 Å². The first-order valence-electron chi connectivity index (χ1n) is 17.3. The maximum absolute atomic E-state index is 17.0. The first-order chi connectivity index (χ1) is 24.1. The third kappa shape index (κ3) is 5.53. The van der Waals surface area contributed by atoms with E-state index < -0.39 is 11.6 Å². The lowest BCUT2D eigenvalue weighted by Crippen LogP contribution is -2.51. The van der Waals surface area contributed by atoms with Crippen LogP contribution in [-0.4, -0.2) is 102 Å². The van der Waals surface area contributed by atoms with E-state index in [-0.39, 0.29) is 51.6 Å². The summed E-state index contributed by atoms with van der Waals surface area (Å²) in [5.41, 5.74) is 0.194. The van der Waals surface area contributed by atoms with Gasteiger partial charge in [-0.25, -0.2) is 13.6 Å². The average Bonchev–Trinajstić information content (AvgIpc) is 3.78. The van der Waals surface area contributed by atoms with Gasteiger partial charge in [0.25, 0.3) is 0 Å². The topological polar surface area (TPSA) is 103 Å². The predicted molar refractivity (Wildman–Crippen MR) is 186 cm³/mol. The van der Waals surface area contributed by atoms with Gasteiger partial charge < -0.3 is 29.7 Å². The van der Waals surface area contributed by atoms with Gasteiger partial charge in [-0.2, -0.15) is 9.97 Å². The summed E-state index contributed by atoms with van der Waals surface area (Å²) < 4.78 is 43.9. The minimum Gasteiger partial charge on any atom is -0.508 e. The number of halogens is 2. The highest BCUT2D eigenvalue weighted by molar-refractivity contribution is 6.04. The van der Waals surface area contributed by atoms with Crippen LogP contribution in [0.2, 0.25) is 0 Å². The summed E-state index contributed by atoms with van der Waals surface area (Å²) in [7, 11) is 3.33. The van der Waals surface area contributed by atoms with E-state index >= 15 is 4.39 Å². The van der Waals surface area contributed by atoms with Crippen LogP contribution in [0, 0.1) is 24.0 Å². The van der Waals surface area contributed by atoms with Crippen molar-refractivity contribution in [1.29, 1.82) is 0 Å². The normalized spacial score (nSPS) is 24.5. The van der Waals surface area contributed by atoms with Crippen molar-refractivity contribution in [2.45, 2.75) is 62.2 Å². The molecule has 0 spiro atoms. The second kappa shape index (κ2) is 12.5. The maximum atomic E-state index is 17.0. The molecule has 4 aromatic rings. The average molecular weight is 683 g/mol. The van der Waals surface area contributed by atoms with E-state index in [1.165, 1.54) is 29.2 Å². The fraction of sp³-hybridized carbons (Fsp3) is 0.447. The molecular weight excluding hydrogens is 642 g/mol. The summed E-state index contributed by atoms with van der Waals surface area (Å²) in [6, 6.07) is 9.85. The molecule has 1 amide bonds. The second-order valence-electron chi connectivity index (χ2n) is 14.3. The summed E-state index contributed by atoms with van der Waals surface area (Å²) in [6.07, 6.45) is 11.1. The SMILES string of the molecule is C#Cc1c(F)ccc2cc(O)cc(-c3ccc4c(N5CC6CCC(C5)N6)nc(OC[C@]56CCCN5[C@@H](COC(=O)N(C)C)CC6)nc4c3F)c12. The van der Waals surface area contributed by atoms with Gasteiger partial charge in [0.1, 0.15) is 36.1 Å². The summed E-state index contributed by atoms with van der Waals surface area (Å²) in [4.78, 5) is 27.7. The van der Waals surface area contributed by atoms with E-state index in [0.29, 0.717) is 47.3 Å². The Labute approximate surface area is 289 Å². The van der Waals surface area contributed by atoms with Crippen LogP contribution in [-0.2, 0) is 4.74 Å². The number of piperazine rings is 1. The Morgan fingerprint density at radius 1 is 1.10 bits per heavy atom. The number of hydrogen-bond donors (Lipinski definition) is 2. The van der Waals surface area contributed by atoms with Gasteiger partial charge in [0.2, 0.25) is 0 Å². The maximum Gasteiger partial charge on any atom is 0.409 e. The van der Waals surface area contributed by atoms with Crippen molar-refractivity contribution in [2.24, 2.45) is 0 Å². The van der Waals surface area contributed by atoms with Crippen molar-refractivity contribution in [3.8, 4) is 35.2 Å². The monoisotopic (exact) mass is 682 g/mol. The number of nitrogens with one attached hydrogen (secondary N) is 1. The molecule has 3 aromatic carbocycles. The van der Waals surface area contributed by atoms with E-state index in [0.717, 1.165) is 58.2 Å². The van der Waals surface area contributed by atoms with Crippen LogP contribution < -0.4 is 15.0 Å². The Balaban J connectivity index is 1.18. The molecule has 50 heavy (non-hydrogen) atoms. The number of amides is 1. The van der Waals surface area contributed by atoms with Crippen molar-refractivity contribution >= 4 is 33.6 Å². The van der Waals surface area contributed by atoms with E-state index in [1.807, 2.05) is 0 Å². The number of rotatable bonds is 7. The molecule has 0 aliphatic carbocycles. The number of carbonyl (C=O) groups excluding carboxylic acids is 1. The van der Waals surface area contributed by atoms with Gasteiger partial charge in [-0.3, -0.25) is 4.90 Å². The molecule has 4 atom stereocenters. The molecule has 0 saturated carbocycles. The van der Waals surface area contributed by atoms with Crippen LogP contribution in [0.15, 0.2) is 36.4 Å². The summed E-state index contributed by atoms with van der Waals surface area (Å²) in [5, 5.41) is 15.6. The van der Waals surface area contributed by atoms with E-state index in [9.17, 15) is 14.3 Å². The predicted octanol–water partition coefficient (Wildman–Crippen LogP) is 5.43. The Morgan fingerprint density at radius 2 is 1.90 bits per heavy atom. The summed E-state index contributed by atoms with van der Waals surface area (Å²) in [5.74, 6) is 1.67. The fourth-order valence-corrected chi connectivity index (χ4v) is 8.67. The molecule has 10 nitrogen and oxygen atoms in total. The zero-order chi connectivity index (χ0) is 34.7. The first-order valence-corrected chi connectivity index (χ1v) is 17.3. The molecule has 260 valence electrons. The lowest BCUT2D eigenvalue weighted by molar-refractivity contribution is 0.0484. The van der Waals surface area contributed by atoms with Gasteiger partial charge in [0.05, 0.1) is 11.1 Å². The standard InChI is InChI=1S/C38H40F2N6O4/c1-4-27-31(39)11-6-22-16-26(47)17-30(32(22)27)28-9-10-29-34(33(28)40)42-36(43-35(29)45-18-23-7-8-24(19-45)41-23)50-21-38-13-5-15-46(38)25(12-14-38)20-49-37(48)44(2)3/h1,6,9-11,16-17,23-25,41,47H,5,7-8,12-15,18-21H2,2-3H3/t23?,24?,25-,38-/m1/s1. The molecule has 2 N–H and O–H groups in total. The Bertz CT molecular complexity index is 2040. The van der Waals surface area contributed by atoms with Crippen LogP contribution in [0.25, 0.3) is 32.8 Å². The summed E-state index contributed by atoms with van der Waals surface area (Å²) in [6.45, 7) is 2.93. The number of aromatic nitrogens is 2. The van der Waals surface area contributed by atoms with Crippen molar-refractivity contribution in [1.82, 2.24) is 25.1 Å². The van der Waals surface area contributed by atoms with Crippen LogP contribution in [0.1, 0.15) is 44.1 Å². The Hall–Kier alpha value is -4.73. The van der Waals surface area contributed by atoms with Crippen molar-refractivity contribution < 1.29 is 28.2 Å². The molecule has 4 saturated heterocycles. The number of terminal acetylenes is 1. The number of carbonyl (C=O) groups is 1. The van der Waals surface area contributed by atoms with E-state index in [4.69, 9.17) is 20.9 Å². The molecule has 2 unspecified atom stereocenters. The number of phenolic OH excluding ortho intramolecular Hbond substituents is 1. The molecule has 2 bridgehead atoms. The zero-order valence-corrected chi connectivity index (χ0v) is 28.2. The minimum absolute atomic E-state index is 0.00703. The molecule has 4 fully saturated rings. The number of hydrogen-bond acceptors (Lipinski definition) is 9. The number of aromatic hydroxyl groups is 1. The molecule has 5 heterocycles. The minimum atomic E-state index is -0.641.